The molecule has 0 aliphatic carbocycles. The van der Waals surface area contributed by atoms with Crippen LogP contribution in [0.25, 0.3) is 11.1 Å². The number of amidine groups is 1. The lowest BCUT2D eigenvalue weighted by molar-refractivity contribution is 0.00167. The van der Waals surface area contributed by atoms with Crippen LogP contribution in [0.15, 0.2) is 52.9 Å². The maximum Gasteiger partial charge on any atom is 0.411 e. The van der Waals surface area contributed by atoms with E-state index in [1.807, 2.05) is 64.1 Å². The largest absolute Gasteiger partial charge is 0.444 e. The van der Waals surface area contributed by atoms with Gasteiger partial charge in [-0.3, -0.25) is 4.90 Å². The van der Waals surface area contributed by atoms with Crippen molar-refractivity contribution < 1.29 is 13.9 Å². The van der Waals surface area contributed by atoms with Crippen LogP contribution in [0, 0.1) is 5.82 Å². The van der Waals surface area contributed by atoms with Gasteiger partial charge < -0.3 is 9.64 Å². The Labute approximate surface area is 187 Å². The minimum absolute atomic E-state index is 0.324. The average molecular weight is 442 g/mol. The summed E-state index contributed by atoms with van der Waals surface area (Å²) >= 11 is 1.48. The molecule has 7 heteroatoms. The first kappa shape index (κ1) is 21.7. The Morgan fingerprint density at radius 2 is 1.87 bits per heavy atom. The molecule has 2 heterocycles. The molecule has 0 aromatic heterocycles. The molecular formula is C24H28FN3O2S. The fraction of sp³-hybridized carbons (Fsp3) is 0.417. The quantitative estimate of drug-likeness (QED) is 0.592. The Kier molecular flexibility index (Phi) is 5.73. The summed E-state index contributed by atoms with van der Waals surface area (Å²) in [5.74, 6) is 1.34. The first-order valence-electron chi connectivity index (χ1n) is 10.5. The summed E-state index contributed by atoms with van der Waals surface area (Å²) in [5, 5.41) is 0. The predicted molar refractivity (Wildman–Crippen MR) is 124 cm³/mol. The first-order chi connectivity index (χ1) is 14.7. The number of ether oxygens (including phenoxy) is 1. The summed E-state index contributed by atoms with van der Waals surface area (Å²) in [6.07, 6.45) is -0.416. The third kappa shape index (κ3) is 4.15. The summed E-state index contributed by atoms with van der Waals surface area (Å²) in [4.78, 5) is 17.1. The Hall–Kier alpha value is -2.54. The molecule has 164 valence electrons. The van der Waals surface area contributed by atoms with Gasteiger partial charge in [-0.2, -0.15) is 0 Å². The number of fused-ring (bicyclic) bond motifs is 1. The lowest BCUT2D eigenvalue weighted by Gasteiger charge is -2.51. The predicted octanol–water partition coefficient (Wildman–Crippen LogP) is 5.32. The minimum atomic E-state index is -0.927. The molecule has 1 amide bonds. The molecule has 0 saturated carbocycles. The molecule has 0 spiro atoms. The van der Waals surface area contributed by atoms with Crippen LogP contribution in [0.5, 0.6) is 0 Å². The summed E-state index contributed by atoms with van der Waals surface area (Å²) in [5.41, 5.74) is 0.479. The van der Waals surface area contributed by atoms with Crippen LogP contribution >= 0.6 is 11.9 Å². The van der Waals surface area contributed by atoms with E-state index in [1.54, 1.807) is 11.0 Å². The molecule has 1 fully saturated rings. The van der Waals surface area contributed by atoms with E-state index in [2.05, 4.69) is 4.90 Å². The van der Waals surface area contributed by atoms with Crippen molar-refractivity contribution in [3.05, 3.63) is 59.9 Å². The molecule has 0 bridgehead atoms. The zero-order chi connectivity index (χ0) is 22.2. The molecule has 5 nitrogen and oxygen atoms in total. The van der Waals surface area contributed by atoms with Crippen LogP contribution < -0.4 is 0 Å². The molecule has 1 saturated heterocycles. The van der Waals surface area contributed by atoms with E-state index in [0.717, 1.165) is 23.7 Å². The molecule has 2 aromatic carbocycles. The number of hydrogen-bond acceptors (Lipinski definition) is 5. The van der Waals surface area contributed by atoms with Gasteiger partial charge >= 0.3 is 6.09 Å². The highest BCUT2D eigenvalue weighted by molar-refractivity contribution is 7.98. The van der Waals surface area contributed by atoms with E-state index >= 15 is 4.39 Å². The number of piperazine rings is 1. The van der Waals surface area contributed by atoms with Crippen LogP contribution in [0.3, 0.4) is 0 Å². The summed E-state index contributed by atoms with van der Waals surface area (Å²) in [6, 6.07) is 14.7. The lowest BCUT2D eigenvalue weighted by atomic mass is 9.85. The Bertz CT molecular complexity index is 1010. The zero-order valence-electron chi connectivity index (χ0n) is 18.4. The van der Waals surface area contributed by atoms with Gasteiger partial charge in [-0.25, -0.2) is 13.6 Å². The van der Waals surface area contributed by atoms with E-state index in [0.29, 0.717) is 24.2 Å². The molecular weight excluding hydrogens is 413 g/mol. The van der Waals surface area contributed by atoms with Gasteiger partial charge in [-0.15, -0.1) is 0 Å². The number of carbonyl (C=O) groups excluding carboxylic acids is 1. The highest BCUT2D eigenvalue weighted by Crippen LogP contribution is 2.39. The van der Waals surface area contributed by atoms with Gasteiger partial charge in [0.25, 0.3) is 0 Å². The maximum absolute atomic E-state index is 15.3. The van der Waals surface area contributed by atoms with Crippen LogP contribution in [-0.2, 0) is 10.3 Å². The number of rotatable bonds is 2. The van der Waals surface area contributed by atoms with Gasteiger partial charge in [0.2, 0.25) is 0 Å². The molecule has 1 unspecified atom stereocenters. The number of carbonyl (C=O) groups is 1. The van der Waals surface area contributed by atoms with Crippen molar-refractivity contribution in [3.8, 4) is 11.1 Å². The maximum atomic E-state index is 15.3. The fourth-order valence-corrected chi connectivity index (χ4v) is 4.96. The fourth-order valence-electron chi connectivity index (χ4n) is 4.15. The first-order valence-corrected chi connectivity index (χ1v) is 11.5. The number of benzene rings is 2. The molecule has 1 atom stereocenters. The molecule has 0 N–H and O–H groups in total. The molecule has 2 aliphatic rings. The van der Waals surface area contributed by atoms with Gasteiger partial charge in [0.1, 0.15) is 22.8 Å². The van der Waals surface area contributed by atoms with E-state index in [1.165, 1.54) is 18.0 Å². The Morgan fingerprint density at radius 1 is 1.13 bits per heavy atom. The molecule has 4 rings (SSSR count). The number of hydrogen-bond donors (Lipinski definition) is 0. The van der Waals surface area contributed by atoms with E-state index in [9.17, 15) is 4.79 Å². The smallest absolute Gasteiger partial charge is 0.411 e. The normalized spacial score (nSPS) is 21.4. The Balaban J connectivity index is 1.79. The van der Waals surface area contributed by atoms with E-state index in [4.69, 9.17) is 9.13 Å². The second-order valence-electron chi connectivity index (χ2n) is 9.00. The van der Waals surface area contributed by atoms with Crippen molar-refractivity contribution in [1.29, 1.82) is 0 Å². The second-order valence-corrected chi connectivity index (χ2v) is 9.85. The Morgan fingerprint density at radius 3 is 2.55 bits per heavy atom. The third-order valence-corrected chi connectivity index (χ3v) is 6.37. The van der Waals surface area contributed by atoms with Crippen LogP contribution in [-0.4, -0.2) is 52.7 Å². The number of nitrogens with zero attached hydrogens (tertiary/aromatic N) is 3. The van der Waals surface area contributed by atoms with Gasteiger partial charge in [-0.1, -0.05) is 42.5 Å². The van der Waals surface area contributed by atoms with Crippen molar-refractivity contribution in [2.24, 2.45) is 4.40 Å². The molecule has 31 heavy (non-hydrogen) atoms. The van der Waals surface area contributed by atoms with Crippen molar-refractivity contribution in [3.63, 3.8) is 0 Å². The molecule has 2 aliphatic heterocycles. The third-order valence-electron chi connectivity index (χ3n) is 5.70. The van der Waals surface area contributed by atoms with Gasteiger partial charge in [0, 0.05) is 31.0 Å². The lowest BCUT2D eigenvalue weighted by Crippen LogP contribution is -2.65. The highest BCUT2D eigenvalue weighted by atomic mass is 32.2. The second kappa shape index (κ2) is 8.19. The molecule has 0 radical (unpaired) electrons. The monoisotopic (exact) mass is 441 g/mol. The summed E-state index contributed by atoms with van der Waals surface area (Å²) in [6.45, 7) is 9.49. The standard InChI is InChI=1S/C24H28FN3O2S/c1-23(2,3)30-22(29)28-13-12-27-14-15-31-26-21(27)24(28,4)18-10-11-19(20(25)16-18)17-8-6-5-7-9-17/h5-11,16H,12-15H2,1-4H3. The van der Waals surface area contributed by atoms with Crippen LogP contribution in [0.4, 0.5) is 9.18 Å². The number of halogens is 1. The minimum Gasteiger partial charge on any atom is -0.444 e. The summed E-state index contributed by atoms with van der Waals surface area (Å²) < 4.78 is 25.7. The number of amides is 1. The van der Waals surface area contributed by atoms with Crippen molar-refractivity contribution in [1.82, 2.24) is 9.80 Å². The van der Waals surface area contributed by atoms with Crippen molar-refractivity contribution in [2.75, 3.05) is 25.4 Å². The van der Waals surface area contributed by atoms with Gasteiger partial charge in [0.15, 0.2) is 0 Å². The SMILES string of the molecule is CC(C)(C)OC(=O)N1CCN2CCSN=C2C1(C)c1ccc(-c2ccccc2)c(F)c1. The zero-order valence-corrected chi connectivity index (χ0v) is 19.2. The topological polar surface area (TPSA) is 45.1 Å². The highest BCUT2D eigenvalue weighted by Gasteiger charge is 2.49. The van der Waals surface area contributed by atoms with Crippen LogP contribution in [0.1, 0.15) is 33.3 Å². The average Bonchev–Trinajstić information content (AvgIpc) is 2.73. The molecule has 2 aromatic rings. The van der Waals surface area contributed by atoms with Gasteiger partial charge in [0.05, 0.1) is 0 Å². The van der Waals surface area contributed by atoms with E-state index < -0.39 is 17.2 Å². The van der Waals surface area contributed by atoms with Gasteiger partial charge in [-0.05, 0) is 56.8 Å². The van der Waals surface area contributed by atoms with Crippen molar-refractivity contribution >= 4 is 23.9 Å². The van der Waals surface area contributed by atoms with Crippen molar-refractivity contribution in [2.45, 2.75) is 38.8 Å². The van der Waals surface area contributed by atoms with Crippen LogP contribution in [0.2, 0.25) is 0 Å². The van der Waals surface area contributed by atoms with E-state index in [-0.39, 0.29) is 5.82 Å². The summed E-state index contributed by atoms with van der Waals surface area (Å²) in [7, 11) is 0.